The number of hydrogen-bond acceptors (Lipinski definition) is 4. The van der Waals surface area contributed by atoms with E-state index in [1.54, 1.807) is 23.9 Å². The fourth-order valence-electron chi connectivity index (χ4n) is 2.23. The lowest BCUT2D eigenvalue weighted by Gasteiger charge is -2.10. The van der Waals surface area contributed by atoms with E-state index in [1.165, 1.54) is 10.5 Å². The molecule has 1 unspecified atom stereocenters. The van der Waals surface area contributed by atoms with Crippen molar-refractivity contribution in [2.45, 2.75) is 15.7 Å². The number of benzene rings is 2. The van der Waals surface area contributed by atoms with Crippen LogP contribution in [0.4, 0.5) is 5.69 Å². The van der Waals surface area contributed by atoms with Crippen LogP contribution in [0.1, 0.15) is 11.5 Å². The maximum absolute atomic E-state index is 10.6. The van der Waals surface area contributed by atoms with Crippen molar-refractivity contribution in [2.24, 2.45) is 0 Å². The first-order chi connectivity index (χ1) is 9.74. The van der Waals surface area contributed by atoms with Crippen molar-refractivity contribution in [2.75, 3.05) is 11.5 Å². The van der Waals surface area contributed by atoms with Crippen LogP contribution in [0, 0.1) is 10.1 Å². The van der Waals surface area contributed by atoms with E-state index in [0.29, 0.717) is 5.92 Å². The zero-order chi connectivity index (χ0) is 13.9. The van der Waals surface area contributed by atoms with Gasteiger partial charge in [-0.2, -0.15) is 0 Å². The third-order valence-electron chi connectivity index (χ3n) is 3.30. The zero-order valence-corrected chi connectivity index (χ0v) is 12.3. The largest absolute Gasteiger partial charge is 0.269 e. The summed E-state index contributed by atoms with van der Waals surface area (Å²) < 4.78 is 0. The second-order valence-corrected chi connectivity index (χ2v) is 6.76. The minimum Gasteiger partial charge on any atom is -0.258 e. The predicted molar refractivity (Wildman–Crippen MR) is 83.7 cm³/mol. The maximum Gasteiger partial charge on any atom is 0.269 e. The van der Waals surface area contributed by atoms with E-state index in [0.717, 1.165) is 16.4 Å². The number of nitro benzene ring substituents is 1. The number of hydrogen-bond donors (Lipinski definition) is 0. The zero-order valence-electron chi connectivity index (χ0n) is 10.7. The Balaban J connectivity index is 1.64. The molecule has 0 fully saturated rings. The van der Waals surface area contributed by atoms with Gasteiger partial charge in [-0.25, -0.2) is 0 Å². The second-order valence-electron chi connectivity index (χ2n) is 4.61. The SMILES string of the molecule is O=[N+]([O-])c1ccc(SCC2CSc3ccccc32)cc1. The highest BCUT2D eigenvalue weighted by atomic mass is 32.2. The summed E-state index contributed by atoms with van der Waals surface area (Å²) in [4.78, 5) is 12.7. The summed E-state index contributed by atoms with van der Waals surface area (Å²) in [5.41, 5.74) is 1.59. The minimum atomic E-state index is -0.363. The number of nitro groups is 1. The molecule has 3 nitrogen and oxygen atoms in total. The molecule has 0 radical (unpaired) electrons. The molecule has 1 atom stereocenters. The van der Waals surface area contributed by atoms with Crippen LogP contribution in [0.2, 0.25) is 0 Å². The Morgan fingerprint density at radius 2 is 1.95 bits per heavy atom. The van der Waals surface area contributed by atoms with E-state index < -0.39 is 0 Å². The van der Waals surface area contributed by atoms with Crippen molar-refractivity contribution in [3.63, 3.8) is 0 Å². The van der Waals surface area contributed by atoms with E-state index in [2.05, 4.69) is 24.3 Å². The summed E-state index contributed by atoms with van der Waals surface area (Å²) >= 11 is 3.68. The maximum atomic E-state index is 10.6. The van der Waals surface area contributed by atoms with Crippen molar-refractivity contribution < 1.29 is 4.92 Å². The predicted octanol–water partition coefficient (Wildman–Crippen LogP) is 4.58. The molecular weight excluding hydrogens is 290 g/mol. The highest BCUT2D eigenvalue weighted by Gasteiger charge is 2.22. The molecule has 102 valence electrons. The lowest BCUT2D eigenvalue weighted by atomic mass is 10.0. The quantitative estimate of drug-likeness (QED) is 0.471. The molecule has 0 amide bonds. The summed E-state index contributed by atoms with van der Waals surface area (Å²) in [5, 5.41) is 10.6. The van der Waals surface area contributed by atoms with E-state index in [4.69, 9.17) is 0 Å². The average molecular weight is 303 g/mol. The fourth-order valence-corrected chi connectivity index (χ4v) is 4.65. The smallest absolute Gasteiger partial charge is 0.258 e. The van der Waals surface area contributed by atoms with E-state index in [-0.39, 0.29) is 10.6 Å². The molecule has 2 aromatic carbocycles. The Morgan fingerprint density at radius 1 is 1.20 bits per heavy atom. The topological polar surface area (TPSA) is 43.1 Å². The number of nitrogens with zero attached hydrogens (tertiary/aromatic N) is 1. The van der Waals surface area contributed by atoms with Crippen LogP contribution in [0.25, 0.3) is 0 Å². The standard InChI is InChI=1S/C15H13NO2S2/c17-16(18)12-5-7-13(8-6-12)19-9-11-10-20-15-4-2-1-3-14(11)15/h1-8,11H,9-10H2. The average Bonchev–Trinajstić information content (AvgIpc) is 2.89. The second kappa shape index (κ2) is 5.89. The summed E-state index contributed by atoms with van der Waals surface area (Å²) in [6, 6.07) is 15.4. The number of fused-ring (bicyclic) bond motifs is 1. The molecule has 0 aliphatic carbocycles. The molecule has 0 N–H and O–H groups in total. The Labute approximate surface area is 125 Å². The van der Waals surface area contributed by atoms with Gasteiger partial charge in [0.15, 0.2) is 0 Å². The van der Waals surface area contributed by atoms with Crippen molar-refractivity contribution >= 4 is 29.2 Å². The molecule has 0 aromatic heterocycles. The molecule has 0 spiro atoms. The first-order valence-corrected chi connectivity index (χ1v) is 8.30. The minimum absolute atomic E-state index is 0.149. The molecule has 20 heavy (non-hydrogen) atoms. The molecule has 5 heteroatoms. The van der Waals surface area contributed by atoms with Crippen LogP contribution in [0.3, 0.4) is 0 Å². The van der Waals surface area contributed by atoms with Gasteiger partial charge in [-0.15, -0.1) is 23.5 Å². The summed E-state index contributed by atoms with van der Waals surface area (Å²) in [5.74, 6) is 2.71. The summed E-state index contributed by atoms with van der Waals surface area (Å²) in [7, 11) is 0. The number of rotatable bonds is 4. The number of thioether (sulfide) groups is 2. The molecular formula is C15H13NO2S2. The molecule has 1 heterocycles. The Bertz CT molecular complexity index is 628. The van der Waals surface area contributed by atoms with Crippen LogP contribution in [0.15, 0.2) is 58.3 Å². The van der Waals surface area contributed by atoms with Crippen molar-refractivity contribution in [1.82, 2.24) is 0 Å². The van der Waals surface area contributed by atoms with Crippen LogP contribution < -0.4 is 0 Å². The van der Waals surface area contributed by atoms with E-state index >= 15 is 0 Å². The van der Waals surface area contributed by atoms with Gasteiger partial charge in [0.2, 0.25) is 0 Å². The molecule has 0 bridgehead atoms. The van der Waals surface area contributed by atoms with Crippen molar-refractivity contribution in [3.05, 3.63) is 64.2 Å². The van der Waals surface area contributed by atoms with Gasteiger partial charge in [0.25, 0.3) is 5.69 Å². The van der Waals surface area contributed by atoms with E-state index in [9.17, 15) is 10.1 Å². The normalized spacial score (nSPS) is 16.9. The number of non-ortho nitro benzene ring substituents is 1. The molecule has 1 aliphatic heterocycles. The lowest BCUT2D eigenvalue weighted by Crippen LogP contribution is -1.99. The Kier molecular flexibility index (Phi) is 3.98. The Hall–Kier alpha value is -1.46. The first kappa shape index (κ1) is 13.5. The summed E-state index contributed by atoms with van der Waals surface area (Å²) in [6.07, 6.45) is 0. The van der Waals surface area contributed by atoms with Gasteiger partial charge in [-0.1, -0.05) is 18.2 Å². The Morgan fingerprint density at radius 3 is 2.70 bits per heavy atom. The van der Waals surface area contributed by atoms with Crippen LogP contribution in [-0.2, 0) is 0 Å². The lowest BCUT2D eigenvalue weighted by molar-refractivity contribution is -0.384. The molecule has 1 aliphatic rings. The first-order valence-electron chi connectivity index (χ1n) is 6.33. The third kappa shape index (κ3) is 2.83. The molecule has 3 rings (SSSR count). The van der Waals surface area contributed by atoms with Gasteiger partial charge in [0.1, 0.15) is 0 Å². The van der Waals surface area contributed by atoms with Gasteiger partial charge < -0.3 is 0 Å². The van der Waals surface area contributed by atoms with Crippen molar-refractivity contribution in [3.8, 4) is 0 Å². The monoisotopic (exact) mass is 303 g/mol. The van der Waals surface area contributed by atoms with Gasteiger partial charge in [-0.3, -0.25) is 10.1 Å². The van der Waals surface area contributed by atoms with Gasteiger partial charge in [-0.05, 0) is 23.8 Å². The van der Waals surface area contributed by atoms with Crippen LogP contribution in [-0.4, -0.2) is 16.4 Å². The van der Waals surface area contributed by atoms with Gasteiger partial charge in [0, 0.05) is 39.3 Å². The third-order valence-corrected chi connectivity index (χ3v) is 5.72. The summed E-state index contributed by atoms with van der Waals surface area (Å²) in [6.45, 7) is 0. The van der Waals surface area contributed by atoms with Gasteiger partial charge >= 0.3 is 0 Å². The van der Waals surface area contributed by atoms with Crippen molar-refractivity contribution in [1.29, 1.82) is 0 Å². The molecule has 2 aromatic rings. The van der Waals surface area contributed by atoms with E-state index in [1.807, 2.05) is 23.9 Å². The molecule has 0 saturated heterocycles. The van der Waals surface area contributed by atoms with Crippen LogP contribution >= 0.6 is 23.5 Å². The fraction of sp³-hybridized carbons (Fsp3) is 0.200. The molecule has 0 saturated carbocycles. The highest BCUT2D eigenvalue weighted by Crippen LogP contribution is 2.41. The highest BCUT2D eigenvalue weighted by molar-refractivity contribution is 8.00. The van der Waals surface area contributed by atoms with Gasteiger partial charge in [0.05, 0.1) is 4.92 Å². The van der Waals surface area contributed by atoms with Crippen LogP contribution in [0.5, 0.6) is 0 Å².